The maximum Gasteiger partial charge on any atom is 0.0896 e. The first-order chi connectivity index (χ1) is 8.70. The van der Waals surface area contributed by atoms with Gasteiger partial charge in [-0.3, -0.25) is 15.0 Å². The molecule has 5 nitrogen and oxygen atoms in total. The molecular weight excluding hydrogens is 226 g/mol. The van der Waals surface area contributed by atoms with Crippen molar-refractivity contribution in [3.8, 4) is 0 Å². The van der Waals surface area contributed by atoms with E-state index < -0.39 is 0 Å². The van der Waals surface area contributed by atoms with Crippen molar-refractivity contribution in [3.05, 3.63) is 35.9 Å². The van der Waals surface area contributed by atoms with Crippen LogP contribution in [0.1, 0.15) is 12.5 Å². The average Bonchev–Trinajstić information content (AvgIpc) is 2.68. The molecule has 0 bridgehead atoms. The molecule has 1 aliphatic heterocycles. The standard InChI is InChI=1S/C13H17N5/c1-4-15-13-8-14-6-5-11(13)7-16-12-9-17(2)18(3)10-12/h4-9H,10H2,1-3H3. The highest BCUT2D eigenvalue weighted by Crippen LogP contribution is 2.16. The van der Waals surface area contributed by atoms with Gasteiger partial charge in [0.05, 0.1) is 24.1 Å². The predicted molar refractivity (Wildman–Crippen MR) is 74.1 cm³/mol. The van der Waals surface area contributed by atoms with E-state index in [9.17, 15) is 0 Å². The van der Waals surface area contributed by atoms with E-state index in [1.165, 1.54) is 0 Å². The Kier molecular flexibility index (Phi) is 3.84. The smallest absolute Gasteiger partial charge is 0.0896 e. The number of hydrogen-bond acceptors (Lipinski definition) is 5. The molecule has 1 aliphatic rings. The number of pyridine rings is 1. The number of nitrogens with zero attached hydrogens (tertiary/aromatic N) is 5. The van der Waals surface area contributed by atoms with Gasteiger partial charge in [0.25, 0.3) is 0 Å². The summed E-state index contributed by atoms with van der Waals surface area (Å²) in [6.07, 6.45) is 9.09. The molecule has 0 unspecified atom stereocenters. The lowest BCUT2D eigenvalue weighted by Crippen LogP contribution is -2.27. The summed E-state index contributed by atoms with van der Waals surface area (Å²) < 4.78 is 0. The van der Waals surface area contributed by atoms with E-state index in [-0.39, 0.29) is 0 Å². The Hall–Kier alpha value is -2.01. The molecule has 2 rings (SSSR count). The van der Waals surface area contributed by atoms with Crippen LogP contribution in [0.5, 0.6) is 0 Å². The normalized spacial score (nSPS) is 17.1. The van der Waals surface area contributed by atoms with Crippen LogP contribution in [0.4, 0.5) is 5.69 Å². The van der Waals surface area contributed by atoms with Crippen molar-refractivity contribution in [2.24, 2.45) is 9.98 Å². The number of rotatable bonds is 3. The topological polar surface area (TPSA) is 44.1 Å². The second-order valence-electron chi connectivity index (χ2n) is 4.09. The van der Waals surface area contributed by atoms with Crippen LogP contribution in [0.25, 0.3) is 0 Å². The number of likely N-dealkylation sites (N-methyl/N-ethyl adjacent to an activating group) is 1. The zero-order chi connectivity index (χ0) is 13.0. The van der Waals surface area contributed by atoms with Crippen LogP contribution in [0, 0.1) is 0 Å². The molecular formula is C13H17N5. The van der Waals surface area contributed by atoms with Crippen LogP contribution in [0.2, 0.25) is 0 Å². The Balaban J connectivity index is 2.17. The first kappa shape index (κ1) is 12.4. The first-order valence-corrected chi connectivity index (χ1v) is 5.82. The van der Waals surface area contributed by atoms with Crippen molar-refractivity contribution in [2.75, 3.05) is 20.6 Å². The monoisotopic (exact) mass is 243 g/mol. The maximum atomic E-state index is 4.49. The summed E-state index contributed by atoms with van der Waals surface area (Å²) in [7, 11) is 4.03. The number of hydrogen-bond donors (Lipinski definition) is 0. The van der Waals surface area contributed by atoms with Crippen molar-refractivity contribution < 1.29 is 0 Å². The first-order valence-electron chi connectivity index (χ1n) is 5.82. The number of hydrazine groups is 1. The van der Waals surface area contributed by atoms with E-state index in [0.29, 0.717) is 0 Å². The van der Waals surface area contributed by atoms with Crippen molar-refractivity contribution in [2.45, 2.75) is 6.92 Å². The molecule has 1 aromatic rings. The minimum Gasteiger partial charge on any atom is -0.314 e. The van der Waals surface area contributed by atoms with Crippen molar-refractivity contribution in [3.63, 3.8) is 0 Å². The van der Waals surface area contributed by atoms with Crippen LogP contribution in [-0.2, 0) is 0 Å². The molecule has 0 saturated carbocycles. The van der Waals surface area contributed by atoms with Crippen LogP contribution in [0.15, 0.2) is 40.3 Å². The summed E-state index contributed by atoms with van der Waals surface area (Å²) in [6.45, 7) is 2.71. The molecule has 5 heteroatoms. The largest absolute Gasteiger partial charge is 0.314 e. The van der Waals surface area contributed by atoms with Gasteiger partial charge in [-0.1, -0.05) is 0 Å². The summed E-state index contributed by atoms with van der Waals surface area (Å²) in [6, 6.07) is 1.91. The molecule has 0 fully saturated rings. The Morgan fingerprint density at radius 3 is 2.83 bits per heavy atom. The third-order valence-corrected chi connectivity index (χ3v) is 2.74. The Morgan fingerprint density at radius 1 is 1.33 bits per heavy atom. The van der Waals surface area contributed by atoms with E-state index in [0.717, 1.165) is 23.5 Å². The lowest BCUT2D eigenvalue weighted by Gasteiger charge is -2.18. The van der Waals surface area contributed by atoms with E-state index in [1.807, 2.05) is 44.5 Å². The fourth-order valence-electron chi connectivity index (χ4n) is 1.68. The molecule has 0 radical (unpaired) electrons. The average molecular weight is 243 g/mol. The molecule has 2 heterocycles. The summed E-state index contributed by atoms with van der Waals surface area (Å²) in [4.78, 5) is 12.8. The minimum absolute atomic E-state index is 0.824. The summed E-state index contributed by atoms with van der Waals surface area (Å²) in [5.41, 5.74) is 2.84. The predicted octanol–water partition coefficient (Wildman–Crippen LogP) is 1.86. The van der Waals surface area contributed by atoms with Gasteiger partial charge in [0.15, 0.2) is 0 Å². The lowest BCUT2D eigenvalue weighted by atomic mass is 10.2. The van der Waals surface area contributed by atoms with E-state index >= 15 is 0 Å². The molecule has 94 valence electrons. The van der Waals surface area contributed by atoms with Crippen molar-refractivity contribution in [1.29, 1.82) is 0 Å². The highest BCUT2D eigenvalue weighted by atomic mass is 15.6. The van der Waals surface area contributed by atoms with Gasteiger partial charge in [-0.15, -0.1) is 0 Å². The van der Waals surface area contributed by atoms with E-state index in [4.69, 9.17) is 0 Å². The summed E-state index contributed by atoms with van der Waals surface area (Å²) in [5, 5.41) is 4.11. The summed E-state index contributed by atoms with van der Waals surface area (Å²) >= 11 is 0. The number of aromatic nitrogens is 1. The lowest BCUT2D eigenvalue weighted by molar-refractivity contribution is 0.116. The zero-order valence-electron chi connectivity index (χ0n) is 10.9. The van der Waals surface area contributed by atoms with Crippen molar-refractivity contribution in [1.82, 2.24) is 15.0 Å². The quantitative estimate of drug-likeness (QED) is 0.761. The van der Waals surface area contributed by atoms with Gasteiger partial charge in [0.2, 0.25) is 0 Å². The van der Waals surface area contributed by atoms with Gasteiger partial charge in [0.1, 0.15) is 0 Å². The molecule has 0 aliphatic carbocycles. The van der Waals surface area contributed by atoms with Gasteiger partial charge in [-0.05, 0) is 13.0 Å². The van der Waals surface area contributed by atoms with Crippen LogP contribution in [-0.4, -0.2) is 48.1 Å². The van der Waals surface area contributed by atoms with Gasteiger partial charge in [-0.2, -0.15) is 0 Å². The minimum atomic E-state index is 0.824. The van der Waals surface area contributed by atoms with Gasteiger partial charge < -0.3 is 5.01 Å². The van der Waals surface area contributed by atoms with Crippen molar-refractivity contribution >= 4 is 18.1 Å². The molecule has 0 aromatic carbocycles. The second-order valence-corrected chi connectivity index (χ2v) is 4.09. The third-order valence-electron chi connectivity index (χ3n) is 2.74. The fraction of sp³-hybridized carbons (Fsp3) is 0.308. The van der Waals surface area contributed by atoms with Crippen LogP contribution >= 0.6 is 0 Å². The maximum absolute atomic E-state index is 4.49. The third kappa shape index (κ3) is 2.81. The second kappa shape index (κ2) is 5.55. The molecule has 0 saturated heterocycles. The van der Waals surface area contributed by atoms with Gasteiger partial charge in [-0.25, -0.2) is 5.01 Å². The highest BCUT2D eigenvalue weighted by Gasteiger charge is 2.13. The zero-order valence-corrected chi connectivity index (χ0v) is 10.9. The summed E-state index contributed by atoms with van der Waals surface area (Å²) in [5.74, 6) is 0. The molecule has 18 heavy (non-hydrogen) atoms. The SMILES string of the molecule is CC=Nc1cnccc1C=NC1=CN(C)N(C)C1. The Morgan fingerprint density at radius 2 is 2.17 bits per heavy atom. The molecule has 1 aromatic heterocycles. The van der Waals surface area contributed by atoms with Crippen LogP contribution in [0.3, 0.4) is 0 Å². The van der Waals surface area contributed by atoms with Gasteiger partial charge in [0, 0.05) is 44.5 Å². The fourth-order valence-corrected chi connectivity index (χ4v) is 1.68. The molecule has 0 atom stereocenters. The van der Waals surface area contributed by atoms with E-state index in [2.05, 4.69) is 20.0 Å². The van der Waals surface area contributed by atoms with Crippen LogP contribution < -0.4 is 0 Å². The Labute approximate surface area is 107 Å². The molecule has 0 N–H and O–H groups in total. The highest BCUT2D eigenvalue weighted by molar-refractivity contribution is 5.87. The van der Waals surface area contributed by atoms with Gasteiger partial charge >= 0.3 is 0 Å². The molecule has 0 spiro atoms. The molecule has 0 amide bonds. The Bertz CT molecular complexity index is 504. The number of aliphatic imine (C=N–C) groups is 2. The van der Waals surface area contributed by atoms with E-state index in [1.54, 1.807) is 18.6 Å².